The molecule has 1 N–H and O–H groups in total. The zero-order valence-electron chi connectivity index (χ0n) is 12.3. The molecule has 1 aliphatic rings. The molecular formula is C14H24N4S. The van der Waals surface area contributed by atoms with Crippen molar-refractivity contribution >= 4 is 17.7 Å². The topological polar surface area (TPSA) is 41.1 Å². The van der Waals surface area contributed by atoms with Crippen LogP contribution in [0.15, 0.2) is 12.4 Å². The standard InChI is InChI=1S/C14H24N4S/c1-11(2)15-7-12-8-16-13(17-9-12)18-5-6-19-14(3,4)10-18/h8-9,11,15H,5-7,10H2,1-4H3. The zero-order chi connectivity index (χ0) is 13.9. The second-order valence-corrected chi connectivity index (χ2v) is 7.76. The molecule has 0 spiro atoms. The Morgan fingerprint density at radius 1 is 1.37 bits per heavy atom. The van der Waals surface area contributed by atoms with Crippen LogP contribution in [0.25, 0.3) is 0 Å². The highest BCUT2D eigenvalue weighted by Crippen LogP contribution is 2.30. The fourth-order valence-electron chi connectivity index (χ4n) is 2.11. The highest BCUT2D eigenvalue weighted by atomic mass is 32.2. The molecule has 1 aliphatic heterocycles. The number of rotatable bonds is 4. The van der Waals surface area contributed by atoms with Gasteiger partial charge in [-0.15, -0.1) is 0 Å². The molecule has 19 heavy (non-hydrogen) atoms. The monoisotopic (exact) mass is 280 g/mol. The third-order valence-corrected chi connectivity index (χ3v) is 4.41. The number of thioether (sulfide) groups is 1. The Labute approximate surface area is 120 Å². The van der Waals surface area contributed by atoms with Gasteiger partial charge in [-0.1, -0.05) is 13.8 Å². The summed E-state index contributed by atoms with van der Waals surface area (Å²) in [6.07, 6.45) is 3.87. The minimum Gasteiger partial charge on any atom is -0.339 e. The van der Waals surface area contributed by atoms with Gasteiger partial charge in [0.1, 0.15) is 0 Å². The van der Waals surface area contributed by atoms with Crippen molar-refractivity contribution in [2.45, 2.75) is 45.0 Å². The number of hydrogen-bond acceptors (Lipinski definition) is 5. The van der Waals surface area contributed by atoms with Gasteiger partial charge in [0.15, 0.2) is 0 Å². The third-order valence-electron chi connectivity index (χ3n) is 3.11. The zero-order valence-corrected chi connectivity index (χ0v) is 13.1. The Morgan fingerprint density at radius 2 is 2.05 bits per heavy atom. The fraction of sp³-hybridized carbons (Fsp3) is 0.714. The number of nitrogens with zero attached hydrogens (tertiary/aromatic N) is 3. The first-order valence-electron chi connectivity index (χ1n) is 6.89. The van der Waals surface area contributed by atoms with Gasteiger partial charge in [0.05, 0.1) is 0 Å². The minimum absolute atomic E-state index is 0.291. The molecule has 0 aromatic carbocycles. The average molecular weight is 280 g/mol. The molecule has 2 rings (SSSR count). The van der Waals surface area contributed by atoms with Crippen LogP contribution in [-0.4, -0.2) is 39.6 Å². The molecule has 0 saturated carbocycles. The molecule has 1 saturated heterocycles. The molecule has 4 nitrogen and oxygen atoms in total. The Hall–Kier alpha value is -0.810. The second-order valence-electron chi connectivity index (χ2n) is 5.96. The van der Waals surface area contributed by atoms with E-state index in [-0.39, 0.29) is 0 Å². The molecule has 0 bridgehead atoms. The summed E-state index contributed by atoms with van der Waals surface area (Å²) < 4.78 is 0.291. The van der Waals surface area contributed by atoms with E-state index in [1.807, 2.05) is 24.2 Å². The predicted octanol–water partition coefficient (Wildman–Crippen LogP) is 2.31. The Bertz CT molecular complexity index is 402. The second kappa shape index (κ2) is 6.09. The first-order valence-corrected chi connectivity index (χ1v) is 7.88. The maximum absolute atomic E-state index is 4.51. The van der Waals surface area contributed by atoms with Gasteiger partial charge in [0.25, 0.3) is 0 Å². The highest BCUT2D eigenvalue weighted by Gasteiger charge is 2.28. The number of anilines is 1. The van der Waals surface area contributed by atoms with Crippen LogP contribution in [0.4, 0.5) is 5.95 Å². The summed E-state index contributed by atoms with van der Waals surface area (Å²) >= 11 is 2.03. The van der Waals surface area contributed by atoms with Crippen LogP contribution >= 0.6 is 11.8 Å². The van der Waals surface area contributed by atoms with Crippen LogP contribution in [0.5, 0.6) is 0 Å². The van der Waals surface area contributed by atoms with E-state index in [0.29, 0.717) is 10.8 Å². The van der Waals surface area contributed by atoms with Crippen molar-refractivity contribution in [1.82, 2.24) is 15.3 Å². The van der Waals surface area contributed by atoms with Gasteiger partial charge in [-0.2, -0.15) is 11.8 Å². The molecule has 0 amide bonds. The summed E-state index contributed by atoms with van der Waals surface area (Å²) in [5.41, 5.74) is 1.14. The number of aromatic nitrogens is 2. The molecule has 0 atom stereocenters. The maximum atomic E-state index is 4.51. The van der Waals surface area contributed by atoms with Gasteiger partial charge in [-0.25, -0.2) is 9.97 Å². The van der Waals surface area contributed by atoms with Gasteiger partial charge in [0.2, 0.25) is 5.95 Å². The van der Waals surface area contributed by atoms with Crippen molar-refractivity contribution in [3.8, 4) is 0 Å². The smallest absolute Gasteiger partial charge is 0.225 e. The minimum atomic E-state index is 0.291. The van der Waals surface area contributed by atoms with E-state index in [4.69, 9.17) is 0 Å². The lowest BCUT2D eigenvalue weighted by molar-refractivity contribution is 0.585. The van der Waals surface area contributed by atoms with Crippen LogP contribution in [-0.2, 0) is 6.54 Å². The summed E-state index contributed by atoms with van der Waals surface area (Å²) in [6.45, 7) is 11.7. The largest absolute Gasteiger partial charge is 0.339 e. The molecule has 0 aliphatic carbocycles. The van der Waals surface area contributed by atoms with Crippen LogP contribution in [0.3, 0.4) is 0 Å². The van der Waals surface area contributed by atoms with Crippen molar-refractivity contribution < 1.29 is 0 Å². The average Bonchev–Trinajstić information content (AvgIpc) is 2.36. The third kappa shape index (κ3) is 4.35. The number of hydrogen-bond donors (Lipinski definition) is 1. The first-order chi connectivity index (χ1) is 8.96. The lowest BCUT2D eigenvalue weighted by atomic mass is 10.2. The lowest BCUT2D eigenvalue weighted by Gasteiger charge is -2.37. The molecule has 2 heterocycles. The van der Waals surface area contributed by atoms with Crippen molar-refractivity contribution in [2.24, 2.45) is 0 Å². The van der Waals surface area contributed by atoms with E-state index >= 15 is 0 Å². The summed E-state index contributed by atoms with van der Waals surface area (Å²) in [5.74, 6) is 2.01. The first kappa shape index (κ1) is 14.6. The lowest BCUT2D eigenvalue weighted by Crippen LogP contribution is -2.43. The Balaban J connectivity index is 1.98. The van der Waals surface area contributed by atoms with Crippen LogP contribution in [0.2, 0.25) is 0 Å². The summed E-state index contributed by atoms with van der Waals surface area (Å²) in [4.78, 5) is 11.3. The van der Waals surface area contributed by atoms with Gasteiger partial charge < -0.3 is 10.2 Å². The van der Waals surface area contributed by atoms with E-state index in [2.05, 4.69) is 47.9 Å². The highest BCUT2D eigenvalue weighted by molar-refractivity contribution is 8.00. The SMILES string of the molecule is CC(C)NCc1cnc(N2CCSC(C)(C)C2)nc1. The van der Waals surface area contributed by atoms with Gasteiger partial charge in [-0.05, 0) is 13.8 Å². The van der Waals surface area contributed by atoms with Gasteiger partial charge in [-0.3, -0.25) is 0 Å². The van der Waals surface area contributed by atoms with E-state index < -0.39 is 0 Å². The van der Waals surface area contributed by atoms with Crippen molar-refractivity contribution in [1.29, 1.82) is 0 Å². The van der Waals surface area contributed by atoms with E-state index in [0.717, 1.165) is 36.9 Å². The molecule has 0 unspecified atom stereocenters. The molecule has 0 radical (unpaired) electrons. The van der Waals surface area contributed by atoms with Crippen LogP contribution < -0.4 is 10.2 Å². The van der Waals surface area contributed by atoms with Crippen molar-refractivity contribution in [3.63, 3.8) is 0 Å². The molecule has 106 valence electrons. The van der Waals surface area contributed by atoms with Crippen molar-refractivity contribution in [3.05, 3.63) is 18.0 Å². The molecule has 1 aromatic heterocycles. The predicted molar refractivity (Wildman–Crippen MR) is 82.8 cm³/mol. The quantitative estimate of drug-likeness (QED) is 0.916. The molecule has 1 fully saturated rings. The molecule has 5 heteroatoms. The normalized spacial score (nSPS) is 18.9. The van der Waals surface area contributed by atoms with Crippen LogP contribution in [0.1, 0.15) is 33.3 Å². The van der Waals surface area contributed by atoms with Gasteiger partial charge in [0, 0.05) is 54.1 Å². The maximum Gasteiger partial charge on any atom is 0.225 e. The Kier molecular flexibility index (Phi) is 4.68. The summed E-state index contributed by atoms with van der Waals surface area (Å²) in [6, 6.07) is 0.486. The van der Waals surface area contributed by atoms with Crippen molar-refractivity contribution in [2.75, 3.05) is 23.7 Å². The summed E-state index contributed by atoms with van der Waals surface area (Å²) in [7, 11) is 0. The van der Waals surface area contributed by atoms with E-state index in [1.165, 1.54) is 0 Å². The fourth-order valence-corrected chi connectivity index (χ4v) is 3.22. The molecular weight excluding hydrogens is 256 g/mol. The van der Waals surface area contributed by atoms with Crippen LogP contribution in [0, 0.1) is 0 Å². The summed E-state index contributed by atoms with van der Waals surface area (Å²) in [5, 5.41) is 3.38. The number of nitrogens with one attached hydrogen (secondary N) is 1. The van der Waals surface area contributed by atoms with Gasteiger partial charge >= 0.3 is 0 Å². The van der Waals surface area contributed by atoms with E-state index in [9.17, 15) is 0 Å². The van der Waals surface area contributed by atoms with E-state index in [1.54, 1.807) is 0 Å². The Morgan fingerprint density at radius 3 is 2.63 bits per heavy atom. The molecule has 1 aromatic rings.